The van der Waals surface area contributed by atoms with Crippen molar-refractivity contribution in [1.29, 1.82) is 0 Å². The molecule has 1 amide bonds. The molecule has 122 valence electrons. The highest BCUT2D eigenvalue weighted by Crippen LogP contribution is 2.25. The molecule has 0 N–H and O–H groups in total. The van der Waals surface area contributed by atoms with Gasteiger partial charge in [0.25, 0.3) is 5.91 Å². The first-order chi connectivity index (χ1) is 11.8. The Hall–Kier alpha value is -2.69. The number of oxazole rings is 1. The van der Waals surface area contributed by atoms with Crippen molar-refractivity contribution >= 4 is 16.8 Å². The molecule has 1 aromatic carbocycles. The summed E-state index contributed by atoms with van der Waals surface area (Å²) in [4.78, 5) is 22.6. The zero-order valence-corrected chi connectivity index (χ0v) is 13.4. The Kier molecular flexibility index (Phi) is 3.99. The second-order valence-electron chi connectivity index (χ2n) is 6.32. The molecule has 0 radical (unpaired) electrons. The topological polar surface area (TPSA) is 59.2 Å². The largest absolute Gasteiger partial charge is 0.438 e. The van der Waals surface area contributed by atoms with Crippen LogP contribution >= 0.6 is 0 Å². The fraction of sp³-hybridized carbons (Fsp3) is 0.316. The Balaban J connectivity index is 1.51. The predicted molar refractivity (Wildman–Crippen MR) is 90.6 cm³/mol. The quantitative estimate of drug-likeness (QED) is 0.742. The summed E-state index contributed by atoms with van der Waals surface area (Å²) >= 11 is 0. The molecule has 1 aliphatic heterocycles. The minimum atomic E-state index is -0.0585. The third-order valence-corrected chi connectivity index (χ3v) is 4.69. The van der Waals surface area contributed by atoms with E-state index in [1.165, 1.54) is 23.5 Å². The number of fused-ring (bicyclic) bond motifs is 1. The number of piperidine rings is 1. The monoisotopic (exact) mass is 321 g/mol. The van der Waals surface area contributed by atoms with E-state index in [9.17, 15) is 4.79 Å². The van der Waals surface area contributed by atoms with Crippen LogP contribution < -0.4 is 0 Å². The molecule has 1 atom stereocenters. The minimum Gasteiger partial charge on any atom is -0.438 e. The SMILES string of the molecule is O=C(c1cnco1)N1CCCC(Cc2cccc3ncccc23)C1. The van der Waals surface area contributed by atoms with Crippen molar-refractivity contribution in [1.82, 2.24) is 14.9 Å². The first kappa shape index (κ1) is 14.9. The number of aromatic nitrogens is 2. The second-order valence-corrected chi connectivity index (χ2v) is 6.32. The van der Waals surface area contributed by atoms with Gasteiger partial charge in [-0.05, 0) is 42.9 Å². The van der Waals surface area contributed by atoms with E-state index < -0.39 is 0 Å². The van der Waals surface area contributed by atoms with Gasteiger partial charge < -0.3 is 9.32 Å². The molecule has 3 heterocycles. The Morgan fingerprint density at radius 1 is 1.29 bits per heavy atom. The van der Waals surface area contributed by atoms with Gasteiger partial charge in [-0.1, -0.05) is 18.2 Å². The second kappa shape index (κ2) is 6.43. The van der Waals surface area contributed by atoms with E-state index in [0.29, 0.717) is 11.7 Å². The summed E-state index contributed by atoms with van der Waals surface area (Å²) in [7, 11) is 0. The van der Waals surface area contributed by atoms with Crippen LogP contribution in [0.1, 0.15) is 29.0 Å². The van der Waals surface area contributed by atoms with Crippen LogP contribution in [0.15, 0.2) is 53.5 Å². The third kappa shape index (κ3) is 2.89. The number of amides is 1. The number of hydrogen-bond donors (Lipinski definition) is 0. The maximum Gasteiger partial charge on any atom is 0.291 e. The van der Waals surface area contributed by atoms with E-state index in [1.807, 2.05) is 23.2 Å². The molecule has 5 nitrogen and oxygen atoms in total. The van der Waals surface area contributed by atoms with Crippen LogP contribution in [-0.4, -0.2) is 33.9 Å². The summed E-state index contributed by atoms with van der Waals surface area (Å²) in [6.07, 6.45) is 7.73. The molecule has 1 saturated heterocycles. The van der Waals surface area contributed by atoms with Crippen molar-refractivity contribution in [3.8, 4) is 0 Å². The predicted octanol–water partition coefficient (Wildman–Crippen LogP) is 3.32. The van der Waals surface area contributed by atoms with Gasteiger partial charge in [0.2, 0.25) is 5.76 Å². The van der Waals surface area contributed by atoms with Crippen molar-refractivity contribution in [2.45, 2.75) is 19.3 Å². The van der Waals surface area contributed by atoms with Crippen LogP contribution in [0.4, 0.5) is 0 Å². The van der Waals surface area contributed by atoms with Crippen molar-refractivity contribution in [2.24, 2.45) is 5.92 Å². The Labute approximate surface area is 140 Å². The first-order valence-corrected chi connectivity index (χ1v) is 8.31. The van der Waals surface area contributed by atoms with Gasteiger partial charge in [-0.15, -0.1) is 0 Å². The molecule has 0 bridgehead atoms. The molecule has 4 rings (SSSR count). The first-order valence-electron chi connectivity index (χ1n) is 8.31. The zero-order chi connectivity index (χ0) is 16.4. The fourth-order valence-corrected chi connectivity index (χ4v) is 3.55. The van der Waals surface area contributed by atoms with Crippen LogP contribution in [0.2, 0.25) is 0 Å². The number of carbonyl (C=O) groups is 1. The standard InChI is InChI=1S/C19H19N3O2/c23-19(18-11-20-13-24-18)22-9-3-4-14(12-22)10-15-5-1-7-17-16(15)6-2-8-21-17/h1-2,5-8,11,13-14H,3-4,9-10,12H2. The Morgan fingerprint density at radius 2 is 2.25 bits per heavy atom. The molecule has 1 fully saturated rings. The molecule has 1 aliphatic rings. The van der Waals surface area contributed by atoms with Crippen LogP contribution in [-0.2, 0) is 6.42 Å². The van der Waals surface area contributed by atoms with E-state index in [4.69, 9.17) is 4.42 Å². The van der Waals surface area contributed by atoms with Crippen LogP contribution in [0.25, 0.3) is 10.9 Å². The Bertz CT molecular complexity index is 839. The number of nitrogens with zero attached hydrogens (tertiary/aromatic N) is 3. The molecule has 0 aliphatic carbocycles. The molecular formula is C19H19N3O2. The summed E-state index contributed by atoms with van der Waals surface area (Å²) in [6, 6.07) is 10.4. The number of carbonyl (C=O) groups excluding carboxylic acids is 1. The summed E-state index contributed by atoms with van der Waals surface area (Å²) in [5, 5.41) is 1.21. The third-order valence-electron chi connectivity index (χ3n) is 4.69. The normalized spacial score (nSPS) is 18.0. The van der Waals surface area contributed by atoms with E-state index in [2.05, 4.69) is 28.2 Å². The van der Waals surface area contributed by atoms with Gasteiger partial charge in [-0.25, -0.2) is 4.98 Å². The zero-order valence-electron chi connectivity index (χ0n) is 13.4. The van der Waals surface area contributed by atoms with Crippen molar-refractivity contribution in [2.75, 3.05) is 13.1 Å². The lowest BCUT2D eigenvalue weighted by Crippen LogP contribution is -2.40. The van der Waals surface area contributed by atoms with Crippen LogP contribution in [0.5, 0.6) is 0 Å². The molecule has 0 spiro atoms. The van der Waals surface area contributed by atoms with Gasteiger partial charge in [0.05, 0.1) is 11.7 Å². The molecule has 0 saturated carbocycles. The highest BCUT2D eigenvalue weighted by molar-refractivity contribution is 5.91. The van der Waals surface area contributed by atoms with Crippen molar-refractivity contribution < 1.29 is 9.21 Å². The number of rotatable bonds is 3. The van der Waals surface area contributed by atoms with E-state index in [-0.39, 0.29) is 5.91 Å². The van der Waals surface area contributed by atoms with Gasteiger partial charge in [-0.2, -0.15) is 0 Å². The number of likely N-dealkylation sites (tertiary alicyclic amines) is 1. The average Bonchev–Trinajstić information content (AvgIpc) is 3.16. The summed E-state index contributed by atoms with van der Waals surface area (Å²) < 4.78 is 5.15. The molecule has 1 unspecified atom stereocenters. The van der Waals surface area contributed by atoms with Crippen LogP contribution in [0.3, 0.4) is 0 Å². The number of hydrogen-bond acceptors (Lipinski definition) is 4. The highest BCUT2D eigenvalue weighted by Gasteiger charge is 2.26. The fourth-order valence-electron chi connectivity index (χ4n) is 3.55. The van der Waals surface area contributed by atoms with Gasteiger partial charge in [0, 0.05) is 24.7 Å². The van der Waals surface area contributed by atoms with Gasteiger partial charge in [0.15, 0.2) is 6.39 Å². The molecule has 24 heavy (non-hydrogen) atoms. The lowest BCUT2D eigenvalue weighted by molar-refractivity contribution is 0.0641. The smallest absolute Gasteiger partial charge is 0.291 e. The van der Waals surface area contributed by atoms with Gasteiger partial charge in [0.1, 0.15) is 0 Å². The lowest BCUT2D eigenvalue weighted by atomic mass is 9.89. The Morgan fingerprint density at radius 3 is 3.12 bits per heavy atom. The number of pyridine rings is 1. The number of benzene rings is 1. The minimum absolute atomic E-state index is 0.0585. The average molecular weight is 321 g/mol. The van der Waals surface area contributed by atoms with Gasteiger partial charge >= 0.3 is 0 Å². The molecule has 3 aromatic rings. The maximum absolute atomic E-state index is 12.5. The molecule has 2 aromatic heterocycles. The van der Waals surface area contributed by atoms with Crippen molar-refractivity contribution in [3.05, 3.63) is 60.4 Å². The van der Waals surface area contributed by atoms with Gasteiger partial charge in [-0.3, -0.25) is 9.78 Å². The van der Waals surface area contributed by atoms with Crippen molar-refractivity contribution in [3.63, 3.8) is 0 Å². The molecular weight excluding hydrogens is 302 g/mol. The van der Waals surface area contributed by atoms with E-state index in [0.717, 1.165) is 37.9 Å². The van der Waals surface area contributed by atoms with Crippen LogP contribution in [0, 0.1) is 5.92 Å². The summed E-state index contributed by atoms with van der Waals surface area (Å²) in [5.41, 5.74) is 2.33. The van der Waals surface area contributed by atoms with E-state index in [1.54, 1.807) is 0 Å². The maximum atomic E-state index is 12.5. The summed E-state index contributed by atoms with van der Waals surface area (Å²) in [6.45, 7) is 1.54. The molecule has 5 heteroatoms. The highest BCUT2D eigenvalue weighted by atomic mass is 16.3. The summed E-state index contributed by atoms with van der Waals surface area (Å²) in [5.74, 6) is 0.721. The lowest BCUT2D eigenvalue weighted by Gasteiger charge is -2.32. The van der Waals surface area contributed by atoms with E-state index >= 15 is 0 Å².